The molecular formula is C28H33N3. The van der Waals surface area contributed by atoms with E-state index < -0.39 is 0 Å². The maximum Gasteiger partial charge on any atom is 0.0477 e. The number of allylic oxidation sites excluding steroid dienone is 2. The summed E-state index contributed by atoms with van der Waals surface area (Å²) in [6, 6.07) is 13.8. The molecule has 3 nitrogen and oxygen atoms in total. The fourth-order valence-corrected chi connectivity index (χ4v) is 6.09. The van der Waals surface area contributed by atoms with Crippen LogP contribution < -0.4 is 10.6 Å². The predicted molar refractivity (Wildman–Crippen MR) is 131 cm³/mol. The molecule has 31 heavy (non-hydrogen) atoms. The summed E-state index contributed by atoms with van der Waals surface area (Å²) >= 11 is 0. The highest BCUT2D eigenvalue weighted by atomic mass is 14.9. The van der Waals surface area contributed by atoms with Crippen LogP contribution in [0.3, 0.4) is 0 Å². The van der Waals surface area contributed by atoms with Gasteiger partial charge in [0.15, 0.2) is 0 Å². The highest BCUT2D eigenvalue weighted by Crippen LogP contribution is 2.39. The number of anilines is 2. The fraction of sp³-hybridized carbons (Fsp3) is 0.429. The number of benzene rings is 2. The van der Waals surface area contributed by atoms with Crippen LogP contribution in [0.25, 0.3) is 16.5 Å². The summed E-state index contributed by atoms with van der Waals surface area (Å²) in [7, 11) is 0. The van der Waals surface area contributed by atoms with Crippen molar-refractivity contribution >= 4 is 27.9 Å². The standard InChI is InChI=1S/C28H33N3/c1-2-4-19(5-3-1)27-18-30-28-17-23(9-11-25(27)28)31-22-8-6-20-7-10-24(26(20)16-22)21-12-14-29-15-13-21/h6,8-11,16-19,21,29-31H,1-5,7,12-15H2. The molecule has 0 bridgehead atoms. The molecule has 160 valence electrons. The van der Waals surface area contributed by atoms with Gasteiger partial charge in [-0.25, -0.2) is 0 Å². The molecule has 1 saturated heterocycles. The van der Waals surface area contributed by atoms with Crippen molar-refractivity contribution in [3.8, 4) is 0 Å². The molecule has 3 aliphatic rings. The molecule has 0 amide bonds. The van der Waals surface area contributed by atoms with Crippen LogP contribution in [-0.4, -0.2) is 18.1 Å². The number of hydrogen-bond donors (Lipinski definition) is 3. The topological polar surface area (TPSA) is 39.8 Å². The van der Waals surface area contributed by atoms with E-state index in [1.807, 2.05) is 0 Å². The molecule has 6 rings (SSSR count). The average molecular weight is 412 g/mol. The Labute approximate surface area is 185 Å². The third-order valence-corrected chi connectivity index (χ3v) is 7.79. The van der Waals surface area contributed by atoms with Crippen LogP contribution in [0, 0.1) is 5.92 Å². The van der Waals surface area contributed by atoms with Crippen molar-refractivity contribution in [3.05, 3.63) is 65.4 Å². The number of H-pyrrole nitrogens is 1. The Morgan fingerprint density at radius 3 is 2.48 bits per heavy atom. The first kappa shape index (κ1) is 19.2. The lowest BCUT2D eigenvalue weighted by molar-refractivity contribution is 0.445. The van der Waals surface area contributed by atoms with E-state index in [-0.39, 0.29) is 0 Å². The number of fused-ring (bicyclic) bond motifs is 2. The van der Waals surface area contributed by atoms with Gasteiger partial charge in [-0.1, -0.05) is 37.5 Å². The van der Waals surface area contributed by atoms with Crippen molar-refractivity contribution in [2.45, 2.75) is 57.3 Å². The number of aromatic amines is 1. The summed E-state index contributed by atoms with van der Waals surface area (Å²) < 4.78 is 0. The average Bonchev–Trinajstić information content (AvgIpc) is 3.44. The van der Waals surface area contributed by atoms with Gasteiger partial charge in [-0.15, -0.1) is 0 Å². The molecule has 2 heterocycles. The van der Waals surface area contributed by atoms with Gasteiger partial charge in [-0.05, 0) is 104 Å². The van der Waals surface area contributed by atoms with Gasteiger partial charge < -0.3 is 15.6 Å². The minimum atomic E-state index is 0.714. The first-order chi connectivity index (χ1) is 15.3. The van der Waals surface area contributed by atoms with Crippen molar-refractivity contribution in [1.82, 2.24) is 10.3 Å². The summed E-state index contributed by atoms with van der Waals surface area (Å²) in [5.41, 5.74) is 9.66. The lowest BCUT2D eigenvalue weighted by Gasteiger charge is -2.25. The van der Waals surface area contributed by atoms with Crippen LogP contribution in [0.1, 0.15) is 67.6 Å². The third-order valence-electron chi connectivity index (χ3n) is 7.79. The second-order valence-corrected chi connectivity index (χ2v) is 9.72. The zero-order valence-electron chi connectivity index (χ0n) is 18.3. The molecule has 2 aromatic carbocycles. The number of hydrogen-bond acceptors (Lipinski definition) is 2. The molecule has 3 heteroatoms. The number of aromatic nitrogens is 1. The summed E-state index contributed by atoms with van der Waals surface area (Å²) in [5, 5.41) is 8.58. The van der Waals surface area contributed by atoms with Gasteiger partial charge in [0.25, 0.3) is 0 Å². The largest absolute Gasteiger partial charge is 0.361 e. The smallest absolute Gasteiger partial charge is 0.0477 e. The molecular weight excluding hydrogens is 378 g/mol. The Bertz CT molecular complexity index is 1110. The lowest BCUT2D eigenvalue weighted by Crippen LogP contribution is -2.28. The minimum Gasteiger partial charge on any atom is -0.361 e. The molecule has 3 N–H and O–H groups in total. The number of piperidine rings is 1. The van der Waals surface area contributed by atoms with E-state index in [1.54, 1.807) is 5.57 Å². The molecule has 0 unspecified atom stereocenters. The monoisotopic (exact) mass is 411 g/mol. The Balaban J connectivity index is 1.23. The van der Waals surface area contributed by atoms with Crippen molar-refractivity contribution in [1.29, 1.82) is 0 Å². The summed E-state index contributed by atoms with van der Waals surface area (Å²) in [6.07, 6.45) is 15.2. The van der Waals surface area contributed by atoms with Crippen LogP contribution in [0.5, 0.6) is 0 Å². The SMILES string of the molecule is C1=C(C2CCNCC2)c2cc(Nc3ccc4c(C5CCCCC5)c[nH]c4c3)ccc2C1. The Morgan fingerprint density at radius 2 is 1.61 bits per heavy atom. The summed E-state index contributed by atoms with van der Waals surface area (Å²) in [5.74, 6) is 1.45. The molecule has 0 spiro atoms. The van der Waals surface area contributed by atoms with E-state index in [0.717, 1.165) is 31.1 Å². The zero-order chi connectivity index (χ0) is 20.6. The van der Waals surface area contributed by atoms with E-state index in [0.29, 0.717) is 5.92 Å². The summed E-state index contributed by atoms with van der Waals surface area (Å²) in [6.45, 7) is 2.29. The first-order valence-electron chi connectivity index (χ1n) is 12.3. The van der Waals surface area contributed by atoms with Gasteiger partial charge in [0.05, 0.1) is 0 Å². The Morgan fingerprint density at radius 1 is 0.806 bits per heavy atom. The maximum absolute atomic E-state index is 3.68. The Hall–Kier alpha value is -2.52. The fourth-order valence-electron chi connectivity index (χ4n) is 6.09. The van der Waals surface area contributed by atoms with Gasteiger partial charge in [0, 0.05) is 28.5 Å². The van der Waals surface area contributed by atoms with E-state index in [4.69, 9.17) is 0 Å². The first-order valence-corrected chi connectivity index (χ1v) is 12.3. The van der Waals surface area contributed by atoms with Gasteiger partial charge in [-0.2, -0.15) is 0 Å². The molecule has 1 saturated carbocycles. The summed E-state index contributed by atoms with van der Waals surface area (Å²) in [4.78, 5) is 3.55. The molecule has 0 radical (unpaired) electrons. The predicted octanol–water partition coefficient (Wildman–Crippen LogP) is 6.90. The maximum atomic E-state index is 3.68. The van der Waals surface area contributed by atoms with Crippen LogP contribution in [0.2, 0.25) is 0 Å². The Kier molecular flexibility index (Phi) is 5.07. The zero-order valence-corrected chi connectivity index (χ0v) is 18.3. The van der Waals surface area contributed by atoms with Gasteiger partial charge in [-0.3, -0.25) is 0 Å². The van der Waals surface area contributed by atoms with Gasteiger partial charge >= 0.3 is 0 Å². The van der Waals surface area contributed by atoms with Crippen molar-refractivity contribution < 1.29 is 0 Å². The third kappa shape index (κ3) is 3.70. The van der Waals surface area contributed by atoms with Crippen molar-refractivity contribution in [2.24, 2.45) is 5.92 Å². The van der Waals surface area contributed by atoms with Crippen LogP contribution >= 0.6 is 0 Å². The number of rotatable bonds is 4. The molecule has 2 fully saturated rings. The second kappa shape index (κ2) is 8.20. The lowest BCUT2D eigenvalue weighted by atomic mass is 9.84. The van der Waals surface area contributed by atoms with E-state index in [2.05, 4.69) is 64.3 Å². The van der Waals surface area contributed by atoms with E-state index >= 15 is 0 Å². The number of nitrogens with one attached hydrogen (secondary N) is 3. The van der Waals surface area contributed by atoms with Gasteiger partial charge in [0.2, 0.25) is 0 Å². The molecule has 1 aliphatic heterocycles. The molecule has 3 aromatic rings. The van der Waals surface area contributed by atoms with E-state index in [9.17, 15) is 0 Å². The van der Waals surface area contributed by atoms with E-state index in [1.165, 1.54) is 78.2 Å². The minimum absolute atomic E-state index is 0.714. The highest BCUT2D eigenvalue weighted by molar-refractivity contribution is 5.88. The molecule has 1 aromatic heterocycles. The van der Waals surface area contributed by atoms with Gasteiger partial charge in [0.1, 0.15) is 0 Å². The van der Waals surface area contributed by atoms with Crippen LogP contribution in [-0.2, 0) is 6.42 Å². The second-order valence-electron chi connectivity index (χ2n) is 9.72. The van der Waals surface area contributed by atoms with Crippen molar-refractivity contribution in [2.75, 3.05) is 18.4 Å². The molecule has 2 aliphatic carbocycles. The quantitative estimate of drug-likeness (QED) is 0.437. The molecule has 0 atom stereocenters. The van der Waals surface area contributed by atoms with Crippen molar-refractivity contribution in [3.63, 3.8) is 0 Å². The highest BCUT2D eigenvalue weighted by Gasteiger charge is 2.24. The van der Waals surface area contributed by atoms with Crippen LogP contribution in [0.4, 0.5) is 11.4 Å². The normalized spacial score (nSPS) is 20.1. The van der Waals surface area contributed by atoms with Crippen LogP contribution in [0.15, 0.2) is 48.7 Å².